The second-order valence-corrected chi connectivity index (χ2v) is 11.0. The average molecular weight is 592 g/mol. The number of methoxy groups -OCH3 is 3. The van der Waals surface area contributed by atoms with E-state index in [1.807, 2.05) is 4.90 Å². The number of aliphatic hydroxyl groups excluding tert-OH is 2. The fourth-order valence-corrected chi connectivity index (χ4v) is 5.50. The van der Waals surface area contributed by atoms with E-state index in [9.17, 15) is 10.2 Å². The van der Waals surface area contributed by atoms with Crippen LogP contribution in [0.15, 0.2) is 0 Å². The van der Waals surface area contributed by atoms with Crippen LogP contribution in [0, 0.1) is 0 Å². The number of anilines is 4. The predicted molar refractivity (Wildman–Crippen MR) is 164 cm³/mol. The van der Waals surface area contributed by atoms with Crippen molar-refractivity contribution >= 4 is 34.6 Å². The lowest BCUT2D eigenvalue weighted by atomic mass is 10.1. The van der Waals surface area contributed by atoms with Gasteiger partial charge in [0, 0.05) is 86.3 Å². The van der Waals surface area contributed by atoms with Crippen molar-refractivity contribution in [2.75, 3.05) is 133 Å². The van der Waals surface area contributed by atoms with E-state index >= 15 is 0 Å². The van der Waals surface area contributed by atoms with Gasteiger partial charge in [0.1, 0.15) is 11.0 Å². The number of ether oxygens (including phenoxy) is 3. The molecule has 0 saturated carbocycles. The number of rotatable bonds is 15. The summed E-state index contributed by atoms with van der Waals surface area (Å²) >= 11 is 0. The highest BCUT2D eigenvalue weighted by molar-refractivity contribution is 5.95. The molecule has 14 nitrogen and oxygen atoms in total. The summed E-state index contributed by atoms with van der Waals surface area (Å²) in [6, 6.07) is 0.333. The Balaban J connectivity index is 1.93. The van der Waals surface area contributed by atoms with E-state index in [1.54, 1.807) is 21.3 Å². The molecule has 2 aliphatic rings. The molecule has 0 amide bonds. The summed E-state index contributed by atoms with van der Waals surface area (Å²) in [5.74, 6) is 2.53. The van der Waals surface area contributed by atoms with Crippen molar-refractivity contribution in [1.82, 2.24) is 24.8 Å². The Hall–Kier alpha value is -2.62. The van der Waals surface area contributed by atoms with Crippen molar-refractivity contribution in [2.45, 2.75) is 31.9 Å². The van der Waals surface area contributed by atoms with Crippen LogP contribution in [0.2, 0.25) is 0 Å². The van der Waals surface area contributed by atoms with E-state index in [0.717, 1.165) is 57.2 Å². The Bertz CT molecular complexity index is 1110. The van der Waals surface area contributed by atoms with Crippen LogP contribution in [0.25, 0.3) is 11.0 Å². The molecule has 2 N–H and O–H groups in total. The third-order valence-electron chi connectivity index (χ3n) is 8.25. The number of aliphatic hydroxyl groups is 2. The first-order valence-corrected chi connectivity index (χ1v) is 15.0. The zero-order valence-electron chi connectivity index (χ0n) is 25.9. The lowest BCUT2D eigenvalue weighted by molar-refractivity contribution is 0.0818. The van der Waals surface area contributed by atoms with Gasteiger partial charge in [0.05, 0.1) is 32.5 Å². The lowest BCUT2D eigenvalue weighted by Gasteiger charge is -2.39. The zero-order chi connectivity index (χ0) is 30.1. The first-order chi connectivity index (χ1) is 20.4. The van der Waals surface area contributed by atoms with Gasteiger partial charge in [0.2, 0.25) is 11.9 Å². The topological polar surface area (TPSA) is 136 Å². The van der Waals surface area contributed by atoms with Gasteiger partial charge >= 0.3 is 0 Å². The minimum absolute atomic E-state index is 0.0812. The van der Waals surface area contributed by atoms with Crippen LogP contribution in [0.1, 0.15) is 19.8 Å². The molecule has 0 bridgehead atoms. The maximum atomic E-state index is 9.80. The van der Waals surface area contributed by atoms with Crippen LogP contribution in [0.3, 0.4) is 0 Å². The van der Waals surface area contributed by atoms with Gasteiger partial charge < -0.3 is 48.9 Å². The molecule has 4 rings (SSSR count). The Morgan fingerprint density at radius 3 is 1.74 bits per heavy atom. The van der Waals surface area contributed by atoms with Crippen LogP contribution in [0.5, 0.6) is 0 Å². The van der Waals surface area contributed by atoms with Gasteiger partial charge in [0.15, 0.2) is 11.6 Å². The van der Waals surface area contributed by atoms with Gasteiger partial charge in [-0.1, -0.05) is 0 Å². The van der Waals surface area contributed by atoms with E-state index in [1.165, 1.54) is 0 Å². The van der Waals surface area contributed by atoms with E-state index in [0.29, 0.717) is 68.4 Å². The van der Waals surface area contributed by atoms with Gasteiger partial charge in [-0.3, -0.25) is 0 Å². The molecule has 0 radical (unpaired) electrons. The van der Waals surface area contributed by atoms with Gasteiger partial charge in [-0.2, -0.15) is 9.97 Å². The molecular weight excluding hydrogens is 542 g/mol. The predicted octanol–water partition coefficient (Wildman–Crippen LogP) is 0.0655. The van der Waals surface area contributed by atoms with E-state index < -0.39 is 0 Å². The normalized spacial score (nSPS) is 18.7. The molecular formula is C28H49N9O5. The smallest absolute Gasteiger partial charge is 0.228 e. The highest BCUT2D eigenvalue weighted by atomic mass is 16.5. The van der Waals surface area contributed by atoms with E-state index in [-0.39, 0.29) is 19.3 Å². The number of hydrogen-bond donors (Lipinski definition) is 2. The third kappa shape index (κ3) is 7.66. The quantitative estimate of drug-likeness (QED) is 0.289. The number of piperazine rings is 1. The average Bonchev–Trinajstić information content (AvgIpc) is 3.01. The van der Waals surface area contributed by atoms with Crippen molar-refractivity contribution in [1.29, 1.82) is 0 Å². The Morgan fingerprint density at radius 1 is 0.738 bits per heavy atom. The number of aromatic nitrogens is 4. The molecule has 0 spiro atoms. The molecule has 42 heavy (non-hydrogen) atoms. The molecule has 1 atom stereocenters. The molecule has 0 aliphatic carbocycles. The van der Waals surface area contributed by atoms with Crippen molar-refractivity contribution < 1.29 is 24.4 Å². The Kier molecular flexibility index (Phi) is 12.1. The minimum atomic E-state index is -0.0812. The Morgan fingerprint density at radius 2 is 1.26 bits per heavy atom. The highest BCUT2D eigenvalue weighted by Crippen LogP contribution is 2.34. The number of hydrogen-bond acceptors (Lipinski definition) is 14. The Labute approximate surface area is 249 Å². The van der Waals surface area contributed by atoms with Gasteiger partial charge in [-0.25, -0.2) is 9.97 Å². The van der Waals surface area contributed by atoms with Crippen LogP contribution in [-0.2, 0) is 14.2 Å². The molecule has 2 aliphatic heterocycles. The molecule has 14 heteroatoms. The second kappa shape index (κ2) is 15.7. The number of likely N-dealkylation sites (N-methyl/N-ethyl adjacent to an activating group) is 1. The molecule has 4 heterocycles. The number of fused-ring (bicyclic) bond motifs is 1. The SMILES string of the molecule is COCCN(CCOC)c1nc(N2CCN(C)C(C)C2)c2nc(N(CCO)CCO)nc(N3CCC(OC)CC3)c2n1. The zero-order valence-corrected chi connectivity index (χ0v) is 25.9. The number of nitrogens with zero attached hydrogens (tertiary/aromatic N) is 9. The summed E-state index contributed by atoms with van der Waals surface area (Å²) in [4.78, 5) is 31.2. The molecule has 2 aromatic heterocycles. The standard InChI is InChI=1S/C28H49N9O5/c1-21-20-37(11-10-33(21)2)26-24-23(29-28(32-26)36(14-18-40-3)15-19-41-4)25(34-8-6-22(42-5)7-9-34)31-27(30-24)35(12-16-38)13-17-39/h21-22,38-39H,6-20H2,1-5H3. The lowest BCUT2D eigenvalue weighted by Crippen LogP contribution is -2.50. The number of piperidine rings is 1. The van der Waals surface area contributed by atoms with Gasteiger partial charge in [0.25, 0.3) is 0 Å². The molecule has 2 aromatic rings. The van der Waals surface area contributed by atoms with Gasteiger partial charge in [-0.15, -0.1) is 0 Å². The van der Waals surface area contributed by atoms with Crippen molar-refractivity contribution in [3.8, 4) is 0 Å². The molecule has 236 valence electrons. The van der Waals surface area contributed by atoms with Crippen molar-refractivity contribution in [3.05, 3.63) is 0 Å². The molecule has 1 unspecified atom stereocenters. The van der Waals surface area contributed by atoms with Crippen LogP contribution >= 0.6 is 0 Å². The maximum Gasteiger partial charge on any atom is 0.228 e. The molecule has 2 saturated heterocycles. The molecule has 0 aromatic carbocycles. The monoisotopic (exact) mass is 591 g/mol. The summed E-state index contributed by atoms with van der Waals surface area (Å²) in [5.41, 5.74) is 1.36. The fraction of sp³-hybridized carbons (Fsp3) is 0.786. The first kappa shape index (κ1) is 32.3. The summed E-state index contributed by atoms with van der Waals surface area (Å²) in [7, 11) is 7.28. The van der Waals surface area contributed by atoms with Crippen LogP contribution in [0.4, 0.5) is 23.5 Å². The summed E-state index contributed by atoms with van der Waals surface area (Å²) < 4.78 is 16.5. The van der Waals surface area contributed by atoms with Crippen LogP contribution in [-0.4, -0.2) is 161 Å². The van der Waals surface area contributed by atoms with Gasteiger partial charge in [-0.05, 0) is 26.8 Å². The summed E-state index contributed by atoms with van der Waals surface area (Å²) in [5, 5.41) is 19.6. The van der Waals surface area contributed by atoms with Crippen LogP contribution < -0.4 is 19.6 Å². The molecule has 2 fully saturated rings. The van der Waals surface area contributed by atoms with E-state index in [4.69, 9.17) is 34.1 Å². The summed E-state index contributed by atoms with van der Waals surface area (Å²) in [6.45, 7) is 8.95. The maximum absolute atomic E-state index is 9.80. The van der Waals surface area contributed by atoms with Crippen molar-refractivity contribution in [2.24, 2.45) is 0 Å². The van der Waals surface area contributed by atoms with Crippen molar-refractivity contribution in [3.63, 3.8) is 0 Å². The largest absolute Gasteiger partial charge is 0.395 e. The first-order valence-electron chi connectivity index (χ1n) is 15.0. The third-order valence-corrected chi connectivity index (χ3v) is 8.25. The van der Waals surface area contributed by atoms with E-state index in [2.05, 4.69) is 33.6 Å². The highest BCUT2D eigenvalue weighted by Gasteiger charge is 2.30. The fourth-order valence-electron chi connectivity index (χ4n) is 5.50. The minimum Gasteiger partial charge on any atom is -0.395 e. The second-order valence-electron chi connectivity index (χ2n) is 11.0. The summed E-state index contributed by atoms with van der Waals surface area (Å²) in [6.07, 6.45) is 1.96.